The Balaban J connectivity index is 2.46. The number of aromatic nitrogens is 2. The van der Waals surface area contributed by atoms with E-state index in [2.05, 4.69) is 10.4 Å². The molecule has 1 rings (SSSR count). The maximum absolute atomic E-state index is 11.4. The van der Waals surface area contributed by atoms with Gasteiger partial charge < -0.3 is 15.5 Å². The van der Waals surface area contributed by atoms with Crippen molar-refractivity contribution < 1.29 is 15.0 Å². The van der Waals surface area contributed by atoms with Crippen LogP contribution in [0.25, 0.3) is 6.08 Å². The molecule has 6 heteroatoms. The fraction of sp³-hybridized carbons (Fsp3) is 0.455. The molecule has 94 valence electrons. The summed E-state index contributed by atoms with van der Waals surface area (Å²) in [5.74, 6) is -0.333. The minimum Gasteiger partial charge on any atom is -0.393 e. The number of aliphatic hydroxyl groups is 2. The van der Waals surface area contributed by atoms with Gasteiger partial charge in [0.15, 0.2) is 0 Å². The molecule has 1 unspecified atom stereocenters. The highest BCUT2D eigenvalue weighted by molar-refractivity contribution is 5.91. The Hall–Kier alpha value is -1.66. The van der Waals surface area contributed by atoms with Crippen LogP contribution < -0.4 is 5.32 Å². The summed E-state index contributed by atoms with van der Waals surface area (Å²) < 4.78 is 1.63. The van der Waals surface area contributed by atoms with Crippen molar-refractivity contribution in [3.63, 3.8) is 0 Å². The highest BCUT2D eigenvalue weighted by atomic mass is 16.3. The molecule has 0 radical (unpaired) electrons. The van der Waals surface area contributed by atoms with Crippen molar-refractivity contribution >= 4 is 12.0 Å². The number of rotatable bonds is 5. The molecule has 0 aromatic carbocycles. The van der Waals surface area contributed by atoms with Crippen LogP contribution in [0.1, 0.15) is 12.6 Å². The Morgan fingerprint density at radius 2 is 2.41 bits per heavy atom. The molecule has 1 heterocycles. The second kappa shape index (κ2) is 5.60. The molecule has 6 nitrogen and oxygen atoms in total. The molecule has 1 aromatic heterocycles. The molecule has 3 N–H and O–H groups in total. The molecule has 1 atom stereocenters. The topological polar surface area (TPSA) is 87.4 Å². The molecule has 0 saturated carbocycles. The van der Waals surface area contributed by atoms with Crippen molar-refractivity contribution in [2.45, 2.75) is 12.5 Å². The maximum atomic E-state index is 11.4. The highest BCUT2D eigenvalue weighted by Gasteiger charge is 2.18. The maximum Gasteiger partial charge on any atom is 0.244 e. The monoisotopic (exact) mass is 239 g/mol. The van der Waals surface area contributed by atoms with E-state index in [4.69, 9.17) is 5.11 Å². The summed E-state index contributed by atoms with van der Waals surface area (Å²) in [7, 11) is 1.77. The molecule has 0 fully saturated rings. The number of carbonyl (C=O) groups excluding carboxylic acids is 1. The van der Waals surface area contributed by atoms with Gasteiger partial charge in [-0.15, -0.1) is 0 Å². The van der Waals surface area contributed by atoms with Crippen LogP contribution in [0.4, 0.5) is 0 Å². The first-order valence-electron chi connectivity index (χ1n) is 5.22. The van der Waals surface area contributed by atoms with E-state index in [1.807, 2.05) is 0 Å². The van der Waals surface area contributed by atoms with Crippen LogP contribution in [0.5, 0.6) is 0 Å². The van der Waals surface area contributed by atoms with E-state index >= 15 is 0 Å². The van der Waals surface area contributed by atoms with Crippen LogP contribution in [0.15, 0.2) is 18.3 Å². The van der Waals surface area contributed by atoms with Crippen LogP contribution in [0.2, 0.25) is 0 Å². The van der Waals surface area contributed by atoms with Gasteiger partial charge in [0.2, 0.25) is 5.91 Å². The molecular weight excluding hydrogens is 222 g/mol. The standard InChI is InChI=1S/C11H17N3O3/c1-11(17,8-15)7-12-10(16)4-3-9-5-6-13-14(9)2/h3-6,15,17H,7-8H2,1-2H3,(H,12,16). The zero-order valence-electron chi connectivity index (χ0n) is 9.92. The van der Waals surface area contributed by atoms with Gasteiger partial charge in [0.25, 0.3) is 0 Å². The van der Waals surface area contributed by atoms with Crippen molar-refractivity contribution in [3.05, 3.63) is 24.0 Å². The number of hydrogen-bond donors (Lipinski definition) is 3. The number of nitrogens with zero attached hydrogens (tertiary/aromatic N) is 2. The van der Waals surface area contributed by atoms with E-state index in [1.165, 1.54) is 13.0 Å². The number of nitrogens with one attached hydrogen (secondary N) is 1. The van der Waals surface area contributed by atoms with E-state index in [1.54, 1.807) is 30.1 Å². The lowest BCUT2D eigenvalue weighted by atomic mass is 10.1. The smallest absolute Gasteiger partial charge is 0.244 e. The van der Waals surface area contributed by atoms with Gasteiger partial charge in [-0.2, -0.15) is 5.10 Å². The average Bonchev–Trinajstić information content (AvgIpc) is 2.70. The normalized spacial score (nSPS) is 14.8. The van der Waals surface area contributed by atoms with Crippen molar-refractivity contribution in [2.75, 3.05) is 13.2 Å². The Morgan fingerprint density at radius 3 is 2.94 bits per heavy atom. The van der Waals surface area contributed by atoms with Gasteiger partial charge in [-0.05, 0) is 19.1 Å². The number of carbonyl (C=O) groups is 1. The predicted molar refractivity (Wildman–Crippen MR) is 63.0 cm³/mol. The summed E-state index contributed by atoms with van der Waals surface area (Å²) in [6.45, 7) is 1.04. The zero-order chi connectivity index (χ0) is 12.9. The largest absolute Gasteiger partial charge is 0.393 e. The third-order valence-electron chi connectivity index (χ3n) is 2.25. The SMILES string of the molecule is Cn1nccc1C=CC(=O)NCC(C)(O)CO. The molecule has 0 spiro atoms. The molecule has 0 aliphatic heterocycles. The van der Waals surface area contributed by atoms with Gasteiger partial charge in [-0.3, -0.25) is 9.48 Å². The van der Waals surface area contributed by atoms with Crippen molar-refractivity contribution in [3.8, 4) is 0 Å². The second-order valence-corrected chi connectivity index (χ2v) is 4.09. The Bertz CT molecular complexity index is 410. The zero-order valence-corrected chi connectivity index (χ0v) is 9.92. The summed E-state index contributed by atoms with van der Waals surface area (Å²) in [6, 6.07) is 1.77. The second-order valence-electron chi connectivity index (χ2n) is 4.09. The van der Waals surface area contributed by atoms with Gasteiger partial charge in [-0.25, -0.2) is 0 Å². The third-order valence-corrected chi connectivity index (χ3v) is 2.25. The van der Waals surface area contributed by atoms with E-state index in [9.17, 15) is 9.90 Å². The lowest BCUT2D eigenvalue weighted by Crippen LogP contribution is -2.42. The van der Waals surface area contributed by atoms with Crippen LogP contribution in [0, 0.1) is 0 Å². The molecule has 1 amide bonds. The Kier molecular flexibility index (Phi) is 4.42. The quantitative estimate of drug-likeness (QED) is 0.592. The van der Waals surface area contributed by atoms with E-state index in [-0.39, 0.29) is 12.5 Å². The minimum atomic E-state index is -1.30. The molecular formula is C11H17N3O3. The van der Waals surface area contributed by atoms with Crippen LogP contribution in [0.3, 0.4) is 0 Å². The fourth-order valence-electron chi connectivity index (χ4n) is 1.10. The lowest BCUT2D eigenvalue weighted by Gasteiger charge is -2.19. The number of aryl methyl sites for hydroxylation is 1. The van der Waals surface area contributed by atoms with Gasteiger partial charge >= 0.3 is 0 Å². The highest BCUT2D eigenvalue weighted by Crippen LogP contribution is 2.00. The summed E-state index contributed by atoms with van der Waals surface area (Å²) in [4.78, 5) is 11.4. The summed E-state index contributed by atoms with van der Waals surface area (Å²) in [6.07, 6.45) is 4.61. The van der Waals surface area contributed by atoms with Gasteiger partial charge in [0.1, 0.15) is 5.60 Å². The van der Waals surface area contributed by atoms with Crippen molar-refractivity contribution in [1.82, 2.24) is 15.1 Å². The van der Waals surface area contributed by atoms with Crippen molar-refractivity contribution in [1.29, 1.82) is 0 Å². The molecule has 0 bridgehead atoms. The van der Waals surface area contributed by atoms with Gasteiger partial charge in [0.05, 0.1) is 12.3 Å². The fourth-order valence-corrected chi connectivity index (χ4v) is 1.10. The van der Waals surface area contributed by atoms with Crippen molar-refractivity contribution in [2.24, 2.45) is 7.05 Å². The molecule has 0 aliphatic carbocycles. The van der Waals surface area contributed by atoms with Gasteiger partial charge in [-0.1, -0.05) is 0 Å². The summed E-state index contributed by atoms with van der Waals surface area (Å²) in [5.41, 5.74) is -0.496. The Labute approximate surface area is 99.6 Å². The first-order chi connectivity index (χ1) is 7.94. The van der Waals surface area contributed by atoms with Gasteiger partial charge in [0, 0.05) is 25.9 Å². The molecule has 17 heavy (non-hydrogen) atoms. The van der Waals surface area contributed by atoms with E-state index < -0.39 is 12.2 Å². The number of aliphatic hydroxyl groups excluding tert-OH is 1. The Morgan fingerprint density at radius 1 is 1.71 bits per heavy atom. The van der Waals surface area contributed by atoms with Crippen LogP contribution >= 0.6 is 0 Å². The molecule has 0 saturated heterocycles. The lowest BCUT2D eigenvalue weighted by molar-refractivity contribution is -0.117. The average molecular weight is 239 g/mol. The minimum absolute atomic E-state index is 0.00192. The summed E-state index contributed by atoms with van der Waals surface area (Å²) >= 11 is 0. The third kappa shape index (κ3) is 4.38. The summed E-state index contributed by atoms with van der Waals surface area (Å²) in [5, 5.41) is 24.7. The number of hydrogen-bond acceptors (Lipinski definition) is 4. The van der Waals surface area contributed by atoms with Crippen LogP contribution in [-0.4, -0.2) is 44.7 Å². The number of amides is 1. The molecule has 0 aliphatic rings. The predicted octanol–water partition coefficient (Wildman–Crippen LogP) is -0.707. The van der Waals surface area contributed by atoms with Crippen LogP contribution in [-0.2, 0) is 11.8 Å². The molecule has 1 aromatic rings. The first-order valence-corrected chi connectivity index (χ1v) is 5.22. The first kappa shape index (κ1) is 13.4. The van der Waals surface area contributed by atoms with E-state index in [0.29, 0.717) is 0 Å². The van der Waals surface area contributed by atoms with E-state index in [0.717, 1.165) is 5.69 Å².